The van der Waals surface area contributed by atoms with Crippen LogP contribution in [-0.2, 0) is 0 Å². The number of thiazole rings is 1. The third kappa shape index (κ3) is 3.42. The zero-order chi connectivity index (χ0) is 18.1. The first-order valence-corrected chi connectivity index (χ1v) is 9.32. The summed E-state index contributed by atoms with van der Waals surface area (Å²) >= 11 is 1.39. The summed E-state index contributed by atoms with van der Waals surface area (Å²) in [6, 6.07) is 3.01. The Morgan fingerprint density at radius 1 is 1.27 bits per heavy atom. The van der Waals surface area contributed by atoms with Gasteiger partial charge >= 0.3 is 0 Å². The van der Waals surface area contributed by atoms with Gasteiger partial charge in [0.25, 0.3) is 5.91 Å². The van der Waals surface area contributed by atoms with Crippen LogP contribution in [0.4, 0.5) is 10.1 Å². The molecule has 0 unspecified atom stereocenters. The first-order chi connectivity index (χ1) is 12.6. The van der Waals surface area contributed by atoms with Gasteiger partial charge in [-0.25, -0.2) is 19.3 Å². The zero-order valence-electron chi connectivity index (χ0n) is 14.3. The summed E-state index contributed by atoms with van der Waals surface area (Å²) in [5.74, 6) is 0.302. The highest BCUT2D eigenvalue weighted by Gasteiger charge is 2.18. The molecule has 3 heterocycles. The Balaban J connectivity index is 1.51. The maximum Gasteiger partial charge on any atom is 0.258 e. The van der Waals surface area contributed by atoms with E-state index in [1.807, 2.05) is 6.92 Å². The third-order valence-corrected chi connectivity index (χ3v) is 5.37. The highest BCUT2D eigenvalue weighted by molar-refractivity contribution is 7.18. The van der Waals surface area contributed by atoms with Crippen molar-refractivity contribution in [1.82, 2.24) is 20.3 Å². The number of hydrogen-bond acceptors (Lipinski definition) is 6. The van der Waals surface area contributed by atoms with Crippen LogP contribution in [-0.4, -0.2) is 33.9 Å². The van der Waals surface area contributed by atoms with Gasteiger partial charge in [-0.3, -0.25) is 4.79 Å². The van der Waals surface area contributed by atoms with E-state index < -0.39 is 5.82 Å². The van der Waals surface area contributed by atoms with Gasteiger partial charge in [-0.2, -0.15) is 0 Å². The largest absolute Gasteiger partial charge is 0.322 e. The van der Waals surface area contributed by atoms with Gasteiger partial charge in [0.1, 0.15) is 11.3 Å². The van der Waals surface area contributed by atoms with Crippen LogP contribution in [0.5, 0.6) is 0 Å². The SMILES string of the molecule is Cc1nc2c(F)cc(NC(=O)c3cnc(C4CCNCC4)nc3)cc2s1. The number of carbonyl (C=O) groups is 1. The summed E-state index contributed by atoms with van der Waals surface area (Å²) in [4.78, 5) is 25.3. The maximum absolute atomic E-state index is 14.1. The Morgan fingerprint density at radius 2 is 2.00 bits per heavy atom. The van der Waals surface area contributed by atoms with E-state index in [4.69, 9.17) is 0 Å². The summed E-state index contributed by atoms with van der Waals surface area (Å²) in [6.07, 6.45) is 5.06. The number of rotatable bonds is 3. The minimum Gasteiger partial charge on any atom is -0.322 e. The van der Waals surface area contributed by atoms with Crippen LogP contribution in [0.25, 0.3) is 10.2 Å². The average Bonchev–Trinajstić information content (AvgIpc) is 3.03. The van der Waals surface area contributed by atoms with Crippen molar-refractivity contribution in [3.63, 3.8) is 0 Å². The fraction of sp³-hybridized carbons (Fsp3) is 0.333. The number of aryl methyl sites for hydroxylation is 1. The molecular formula is C18H18FN5OS. The van der Waals surface area contributed by atoms with Crippen molar-refractivity contribution in [3.05, 3.63) is 46.7 Å². The van der Waals surface area contributed by atoms with E-state index in [2.05, 4.69) is 25.6 Å². The van der Waals surface area contributed by atoms with Gasteiger partial charge in [0.05, 0.1) is 15.3 Å². The van der Waals surface area contributed by atoms with E-state index in [9.17, 15) is 9.18 Å². The number of benzene rings is 1. The highest BCUT2D eigenvalue weighted by Crippen LogP contribution is 2.28. The van der Waals surface area contributed by atoms with E-state index in [1.54, 1.807) is 6.07 Å². The Hall–Kier alpha value is -2.45. The molecule has 8 heteroatoms. The van der Waals surface area contributed by atoms with Crippen molar-refractivity contribution >= 4 is 33.1 Å². The molecule has 1 saturated heterocycles. The number of anilines is 1. The second kappa shape index (κ2) is 7.05. The van der Waals surface area contributed by atoms with Crippen molar-refractivity contribution in [3.8, 4) is 0 Å². The summed E-state index contributed by atoms with van der Waals surface area (Å²) in [5.41, 5.74) is 1.08. The minimum absolute atomic E-state index is 0.333. The third-order valence-electron chi connectivity index (χ3n) is 4.45. The monoisotopic (exact) mass is 371 g/mol. The van der Waals surface area contributed by atoms with Crippen LogP contribution in [0.3, 0.4) is 0 Å². The first-order valence-electron chi connectivity index (χ1n) is 8.51. The molecule has 0 radical (unpaired) electrons. The summed E-state index contributed by atoms with van der Waals surface area (Å²) < 4.78 is 14.8. The zero-order valence-corrected chi connectivity index (χ0v) is 15.1. The molecule has 0 atom stereocenters. The standard InChI is InChI=1S/C18H18FN5OS/c1-10-23-16-14(19)6-13(7-15(16)26-10)24-18(25)12-8-21-17(22-9-12)11-2-4-20-5-3-11/h6-9,11,20H,2-5H2,1H3,(H,24,25). The molecule has 1 fully saturated rings. The fourth-order valence-electron chi connectivity index (χ4n) is 3.12. The minimum atomic E-state index is -0.445. The summed E-state index contributed by atoms with van der Waals surface area (Å²) in [5, 5.41) is 6.80. The number of piperidine rings is 1. The Bertz CT molecular complexity index is 950. The van der Waals surface area contributed by atoms with E-state index in [0.29, 0.717) is 27.4 Å². The van der Waals surface area contributed by atoms with Gasteiger partial charge in [0.15, 0.2) is 5.82 Å². The molecule has 2 aromatic heterocycles. The topological polar surface area (TPSA) is 79.8 Å². The lowest BCUT2D eigenvalue weighted by atomic mass is 9.97. The molecule has 3 aromatic rings. The molecule has 1 aliphatic rings. The average molecular weight is 371 g/mol. The van der Waals surface area contributed by atoms with Gasteiger partial charge in [0, 0.05) is 24.0 Å². The highest BCUT2D eigenvalue weighted by atomic mass is 32.1. The lowest BCUT2D eigenvalue weighted by molar-refractivity contribution is 0.102. The molecule has 0 spiro atoms. The molecule has 134 valence electrons. The number of hydrogen-bond donors (Lipinski definition) is 2. The normalized spacial score (nSPS) is 15.3. The second-order valence-electron chi connectivity index (χ2n) is 6.35. The van der Waals surface area contributed by atoms with Crippen LogP contribution in [0.15, 0.2) is 24.5 Å². The summed E-state index contributed by atoms with van der Waals surface area (Å²) in [7, 11) is 0. The van der Waals surface area contributed by atoms with Crippen molar-refractivity contribution < 1.29 is 9.18 Å². The van der Waals surface area contributed by atoms with Gasteiger partial charge < -0.3 is 10.6 Å². The van der Waals surface area contributed by atoms with Crippen LogP contribution < -0.4 is 10.6 Å². The number of fused-ring (bicyclic) bond motifs is 1. The van der Waals surface area contributed by atoms with E-state index >= 15 is 0 Å². The van der Waals surface area contributed by atoms with E-state index in [0.717, 1.165) is 36.8 Å². The number of carbonyl (C=O) groups excluding carboxylic acids is 1. The Morgan fingerprint density at radius 3 is 2.73 bits per heavy atom. The van der Waals surface area contributed by atoms with Crippen molar-refractivity contribution in [2.24, 2.45) is 0 Å². The van der Waals surface area contributed by atoms with E-state index in [-0.39, 0.29) is 5.91 Å². The van der Waals surface area contributed by atoms with Crippen molar-refractivity contribution in [1.29, 1.82) is 0 Å². The first kappa shape index (κ1) is 17.0. The lowest BCUT2D eigenvalue weighted by Crippen LogP contribution is -2.27. The van der Waals surface area contributed by atoms with Crippen molar-refractivity contribution in [2.75, 3.05) is 18.4 Å². The summed E-state index contributed by atoms with van der Waals surface area (Å²) in [6.45, 7) is 3.74. The molecule has 1 aliphatic heterocycles. The molecule has 0 bridgehead atoms. The van der Waals surface area contributed by atoms with Gasteiger partial charge in [-0.05, 0) is 45.0 Å². The lowest BCUT2D eigenvalue weighted by Gasteiger charge is -2.21. The molecule has 1 amide bonds. The smallest absolute Gasteiger partial charge is 0.258 e. The van der Waals surface area contributed by atoms with Gasteiger partial charge in [-0.15, -0.1) is 11.3 Å². The molecule has 4 rings (SSSR count). The Kier molecular flexibility index (Phi) is 4.60. The van der Waals surface area contributed by atoms with Gasteiger partial charge in [-0.1, -0.05) is 0 Å². The molecule has 6 nitrogen and oxygen atoms in total. The van der Waals surface area contributed by atoms with Crippen LogP contribution in [0, 0.1) is 12.7 Å². The number of nitrogens with one attached hydrogen (secondary N) is 2. The molecule has 0 saturated carbocycles. The Labute approximate surface area is 153 Å². The van der Waals surface area contributed by atoms with Crippen LogP contribution >= 0.6 is 11.3 Å². The molecule has 0 aliphatic carbocycles. The van der Waals surface area contributed by atoms with Crippen LogP contribution in [0.1, 0.15) is 39.9 Å². The fourth-order valence-corrected chi connectivity index (χ4v) is 4.00. The molecule has 1 aromatic carbocycles. The predicted octanol–water partition coefficient (Wildman–Crippen LogP) is 3.25. The predicted molar refractivity (Wildman–Crippen MR) is 99.1 cm³/mol. The van der Waals surface area contributed by atoms with E-state index in [1.165, 1.54) is 29.8 Å². The maximum atomic E-state index is 14.1. The quantitative estimate of drug-likeness (QED) is 0.739. The molecule has 2 N–H and O–H groups in total. The molecule has 26 heavy (non-hydrogen) atoms. The number of amides is 1. The number of nitrogens with zero attached hydrogens (tertiary/aromatic N) is 3. The number of halogens is 1. The molecular weight excluding hydrogens is 353 g/mol. The second-order valence-corrected chi connectivity index (χ2v) is 7.58. The van der Waals surface area contributed by atoms with Gasteiger partial charge in [0.2, 0.25) is 0 Å². The number of aromatic nitrogens is 3. The van der Waals surface area contributed by atoms with Crippen LogP contribution in [0.2, 0.25) is 0 Å². The van der Waals surface area contributed by atoms with Crippen molar-refractivity contribution in [2.45, 2.75) is 25.7 Å².